The minimum Gasteiger partial charge on any atom is -0.454 e. The van der Waals surface area contributed by atoms with E-state index in [0.29, 0.717) is 18.8 Å². The third-order valence-electron chi connectivity index (χ3n) is 4.51. The van der Waals surface area contributed by atoms with Crippen LogP contribution in [0.1, 0.15) is 40.0 Å². The van der Waals surface area contributed by atoms with Crippen LogP contribution < -0.4 is 0 Å². The van der Waals surface area contributed by atoms with Crippen molar-refractivity contribution in [2.45, 2.75) is 52.2 Å². The lowest BCUT2D eigenvalue weighted by atomic mass is 9.59. The van der Waals surface area contributed by atoms with Crippen molar-refractivity contribution in [3.8, 4) is 0 Å². The monoisotopic (exact) mass is 252 g/mol. The summed E-state index contributed by atoms with van der Waals surface area (Å²) in [5.41, 5.74) is 0.570. The first-order valence-electron chi connectivity index (χ1n) is 6.46. The van der Waals surface area contributed by atoms with Gasteiger partial charge in [-0.2, -0.15) is 0 Å². The van der Waals surface area contributed by atoms with Crippen LogP contribution in [0.2, 0.25) is 0 Å². The first-order chi connectivity index (χ1) is 8.34. The number of hydrogen-bond donors (Lipinski definition) is 1. The average molecular weight is 252 g/mol. The molecule has 0 heterocycles. The van der Waals surface area contributed by atoms with Gasteiger partial charge in [-0.3, -0.25) is 9.59 Å². The van der Waals surface area contributed by atoms with Gasteiger partial charge in [0.05, 0.1) is 6.10 Å². The number of ketones is 1. The number of esters is 1. The van der Waals surface area contributed by atoms with Crippen LogP contribution in [0, 0.1) is 11.3 Å². The van der Waals surface area contributed by atoms with Gasteiger partial charge in [0.2, 0.25) is 0 Å². The third-order valence-corrected chi connectivity index (χ3v) is 4.51. The first-order valence-corrected chi connectivity index (χ1v) is 6.46. The predicted octanol–water partition coefficient (Wildman–Crippen LogP) is 1.61. The second-order valence-electron chi connectivity index (χ2n) is 5.72. The van der Waals surface area contributed by atoms with Crippen molar-refractivity contribution < 1.29 is 19.4 Å². The molecule has 1 fully saturated rings. The fourth-order valence-corrected chi connectivity index (χ4v) is 3.16. The van der Waals surface area contributed by atoms with Crippen molar-refractivity contribution in [3.05, 3.63) is 11.6 Å². The van der Waals surface area contributed by atoms with E-state index in [1.165, 1.54) is 13.0 Å². The number of aliphatic hydroxyl groups is 1. The van der Waals surface area contributed by atoms with Crippen LogP contribution in [0.4, 0.5) is 0 Å². The highest BCUT2D eigenvalue weighted by Gasteiger charge is 2.48. The van der Waals surface area contributed by atoms with Gasteiger partial charge in [-0.15, -0.1) is 0 Å². The Morgan fingerprint density at radius 3 is 2.78 bits per heavy atom. The van der Waals surface area contributed by atoms with E-state index in [-0.39, 0.29) is 11.2 Å². The lowest BCUT2D eigenvalue weighted by Crippen LogP contribution is -2.46. The molecule has 0 aliphatic heterocycles. The van der Waals surface area contributed by atoms with Gasteiger partial charge in [0.1, 0.15) is 0 Å². The highest BCUT2D eigenvalue weighted by atomic mass is 16.5. The Labute approximate surface area is 107 Å². The van der Waals surface area contributed by atoms with Crippen molar-refractivity contribution in [1.29, 1.82) is 0 Å². The zero-order valence-corrected chi connectivity index (χ0v) is 11.1. The van der Waals surface area contributed by atoms with Gasteiger partial charge in [0.15, 0.2) is 11.9 Å². The molecule has 2 aliphatic carbocycles. The van der Waals surface area contributed by atoms with Crippen molar-refractivity contribution in [2.75, 3.05) is 0 Å². The van der Waals surface area contributed by atoms with Crippen LogP contribution >= 0.6 is 0 Å². The molecule has 4 nitrogen and oxygen atoms in total. The molecule has 100 valence electrons. The van der Waals surface area contributed by atoms with Gasteiger partial charge in [-0.05, 0) is 35.8 Å². The summed E-state index contributed by atoms with van der Waals surface area (Å²) in [5.74, 6) is -0.262. The number of carbonyl (C=O) groups excluding carboxylic acids is 2. The van der Waals surface area contributed by atoms with E-state index >= 15 is 0 Å². The van der Waals surface area contributed by atoms with Gasteiger partial charge >= 0.3 is 5.97 Å². The van der Waals surface area contributed by atoms with Gasteiger partial charge in [-0.25, -0.2) is 0 Å². The molecular weight excluding hydrogens is 232 g/mol. The quantitative estimate of drug-likeness (QED) is 0.720. The standard InChI is InChI=1S/C14H20O4/c1-8-4-5-11(16)10-6-12(17)13(18-9(2)15)7-14(8,10)3/h6,8,11,13,16H,4-5,7H2,1-3H3/t8-,11+,13+,14+/m0/s1. The van der Waals surface area contributed by atoms with Crippen LogP contribution in [-0.4, -0.2) is 29.1 Å². The van der Waals surface area contributed by atoms with E-state index in [4.69, 9.17) is 4.74 Å². The highest BCUT2D eigenvalue weighted by molar-refractivity contribution is 5.96. The molecule has 0 aromatic carbocycles. The van der Waals surface area contributed by atoms with Crippen LogP contribution in [-0.2, 0) is 14.3 Å². The van der Waals surface area contributed by atoms with Crippen LogP contribution in [0.5, 0.6) is 0 Å². The molecule has 2 rings (SSSR count). The molecule has 0 unspecified atom stereocenters. The smallest absolute Gasteiger partial charge is 0.303 e. The molecule has 0 saturated heterocycles. The summed E-state index contributed by atoms with van der Waals surface area (Å²) >= 11 is 0. The summed E-state index contributed by atoms with van der Waals surface area (Å²) in [5, 5.41) is 10.0. The molecule has 0 spiro atoms. The molecule has 2 aliphatic rings. The SMILES string of the molecule is CC(=O)O[C@@H]1C[C@@]2(C)C(=CC1=O)[C@H](O)CC[C@@H]2C. The van der Waals surface area contributed by atoms with E-state index in [1.54, 1.807) is 0 Å². The summed E-state index contributed by atoms with van der Waals surface area (Å²) < 4.78 is 5.09. The number of hydrogen-bond acceptors (Lipinski definition) is 4. The maximum atomic E-state index is 11.9. The molecule has 18 heavy (non-hydrogen) atoms. The van der Waals surface area contributed by atoms with Crippen LogP contribution in [0.15, 0.2) is 11.6 Å². The lowest BCUT2D eigenvalue weighted by molar-refractivity contribution is -0.154. The van der Waals surface area contributed by atoms with Crippen molar-refractivity contribution in [2.24, 2.45) is 11.3 Å². The fourth-order valence-electron chi connectivity index (χ4n) is 3.16. The largest absolute Gasteiger partial charge is 0.454 e. The number of ether oxygens (including phenoxy) is 1. The molecule has 4 atom stereocenters. The average Bonchev–Trinajstić information content (AvgIpc) is 2.27. The molecular formula is C14H20O4. The molecule has 0 aromatic rings. The molecule has 0 aromatic heterocycles. The zero-order chi connectivity index (χ0) is 13.5. The molecule has 4 heteroatoms. The minimum absolute atomic E-state index is 0.203. The van der Waals surface area contributed by atoms with E-state index in [9.17, 15) is 14.7 Å². The number of rotatable bonds is 1. The number of carbonyl (C=O) groups is 2. The van der Waals surface area contributed by atoms with E-state index in [2.05, 4.69) is 13.8 Å². The molecule has 0 radical (unpaired) electrons. The van der Waals surface area contributed by atoms with E-state index in [1.807, 2.05) is 0 Å². The summed E-state index contributed by atoms with van der Waals surface area (Å²) in [7, 11) is 0. The van der Waals surface area contributed by atoms with Crippen molar-refractivity contribution >= 4 is 11.8 Å². The molecule has 1 saturated carbocycles. The Kier molecular flexibility index (Phi) is 3.32. The van der Waals surface area contributed by atoms with E-state index in [0.717, 1.165) is 12.0 Å². The number of fused-ring (bicyclic) bond motifs is 1. The molecule has 0 amide bonds. The Morgan fingerprint density at radius 2 is 2.17 bits per heavy atom. The summed E-state index contributed by atoms with van der Waals surface area (Å²) in [6.07, 6.45) is 2.38. The summed E-state index contributed by atoms with van der Waals surface area (Å²) in [6, 6.07) is 0. The summed E-state index contributed by atoms with van der Waals surface area (Å²) in [4.78, 5) is 22.9. The van der Waals surface area contributed by atoms with Gasteiger partial charge in [-0.1, -0.05) is 13.8 Å². The first kappa shape index (κ1) is 13.3. The Hall–Kier alpha value is -1.16. The predicted molar refractivity (Wildman–Crippen MR) is 65.8 cm³/mol. The molecule has 0 bridgehead atoms. The Morgan fingerprint density at radius 1 is 1.50 bits per heavy atom. The molecule has 1 N–H and O–H groups in total. The van der Waals surface area contributed by atoms with Crippen molar-refractivity contribution in [1.82, 2.24) is 0 Å². The zero-order valence-electron chi connectivity index (χ0n) is 11.1. The van der Waals surface area contributed by atoms with Crippen LogP contribution in [0.25, 0.3) is 0 Å². The Bertz CT molecular complexity index is 412. The Balaban J connectivity index is 2.33. The topological polar surface area (TPSA) is 63.6 Å². The van der Waals surface area contributed by atoms with Crippen LogP contribution in [0.3, 0.4) is 0 Å². The van der Waals surface area contributed by atoms with Gasteiger partial charge in [0.25, 0.3) is 0 Å². The third kappa shape index (κ3) is 2.09. The minimum atomic E-state index is -0.691. The normalized spacial score (nSPS) is 39.9. The lowest BCUT2D eigenvalue weighted by Gasteiger charge is -2.47. The number of aliphatic hydroxyl groups excluding tert-OH is 1. The van der Waals surface area contributed by atoms with E-state index < -0.39 is 18.2 Å². The second kappa shape index (κ2) is 4.50. The van der Waals surface area contributed by atoms with Gasteiger partial charge < -0.3 is 9.84 Å². The maximum Gasteiger partial charge on any atom is 0.303 e. The fraction of sp³-hybridized carbons (Fsp3) is 0.714. The van der Waals surface area contributed by atoms with Crippen molar-refractivity contribution in [3.63, 3.8) is 0 Å². The van der Waals surface area contributed by atoms with Gasteiger partial charge in [0, 0.05) is 13.3 Å². The highest BCUT2D eigenvalue weighted by Crippen LogP contribution is 2.50. The second-order valence-corrected chi connectivity index (χ2v) is 5.72. The maximum absolute atomic E-state index is 11.9. The summed E-state index contributed by atoms with van der Waals surface area (Å²) in [6.45, 7) is 5.49.